The van der Waals surface area contributed by atoms with Crippen molar-refractivity contribution in [3.8, 4) is 0 Å². The molecule has 0 aliphatic rings. The zero-order valence-electron chi connectivity index (χ0n) is 6.55. The van der Waals surface area contributed by atoms with Gasteiger partial charge in [0.15, 0.2) is 0 Å². The highest BCUT2D eigenvalue weighted by atomic mass is 32.1. The molecule has 0 rings (SSSR count). The van der Waals surface area contributed by atoms with Crippen LogP contribution >= 0.6 is 12.6 Å². The number of amides is 1. The molecule has 1 N–H and O–H groups in total. The number of thiol groups is 1. The number of hydrogen-bond donors (Lipinski definition) is 2. The normalized spacial score (nSPS) is 12.7. The number of carbonyl (C=O) groups excluding carboxylic acids is 1. The Labute approximate surface area is 67.8 Å². The lowest BCUT2D eigenvalue weighted by molar-refractivity contribution is -0.121. The summed E-state index contributed by atoms with van der Waals surface area (Å²) in [4.78, 5) is 10.9. The van der Waals surface area contributed by atoms with Crippen molar-refractivity contribution in [1.29, 1.82) is 0 Å². The first kappa shape index (κ1) is 9.82. The quantitative estimate of drug-likeness (QED) is 0.596. The maximum Gasteiger partial charge on any atom is 0.221 e. The van der Waals surface area contributed by atoms with Gasteiger partial charge in [0.05, 0.1) is 0 Å². The standard InChI is InChI=1S/C7H15NOS/c1-3-6(2)8-7(9)4-5-10/h6,10H,3-5H2,1-2H3,(H,8,9). The molecule has 0 aliphatic carbocycles. The van der Waals surface area contributed by atoms with Crippen molar-refractivity contribution in [2.75, 3.05) is 5.75 Å². The van der Waals surface area contributed by atoms with Crippen molar-refractivity contribution in [3.63, 3.8) is 0 Å². The van der Waals surface area contributed by atoms with E-state index >= 15 is 0 Å². The highest BCUT2D eigenvalue weighted by molar-refractivity contribution is 7.80. The van der Waals surface area contributed by atoms with E-state index in [1.165, 1.54) is 0 Å². The van der Waals surface area contributed by atoms with Gasteiger partial charge in [-0.2, -0.15) is 12.6 Å². The summed E-state index contributed by atoms with van der Waals surface area (Å²) in [5.41, 5.74) is 0. The average molecular weight is 161 g/mol. The SMILES string of the molecule is CCC(C)NC(=O)CCS. The molecule has 1 unspecified atom stereocenters. The minimum Gasteiger partial charge on any atom is -0.354 e. The third kappa shape index (κ3) is 4.68. The molecule has 10 heavy (non-hydrogen) atoms. The molecule has 0 heterocycles. The van der Waals surface area contributed by atoms with Gasteiger partial charge in [0.1, 0.15) is 0 Å². The average Bonchev–Trinajstić information content (AvgIpc) is 1.88. The Morgan fingerprint density at radius 2 is 2.30 bits per heavy atom. The van der Waals surface area contributed by atoms with E-state index in [0.717, 1.165) is 6.42 Å². The van der Waals surface area contributed by atoms with Gasteiger partial charge in [0, 0.05) is 12.5 Å². The van der Waals surface area contributed by atoms with Crippen LogP contribution in [0.25, 0.3) is 0 Å². The van der Waals surface area contributed by atoms with E-state index in [1.807, 2.05) is 13.8 Å². The fraction of sp³-hybridized carbons (Fsp3) is 0.857. The predicted molar refractivity (Wildman–Crippen MR) is 46.4 cm³/mol. The van der Waals surface area contributed by atoms with E-state index in [9.17, 15) is 4.79 Å². The summed E-state index contributed by atoms with van der Waals surface area (Å²) < 4.78 is 0. The van der Waals surface area contributed by atoms with Gasteiger partial charge in [-0.15, -0.1) is 0 Å². The molecule has 0 spiro atoms. The smallest absolute Gasteiger partial charge is 0.221 e. The molecule has 0 saturated heterocycles. The second-order valence-electron chi connectivity index (χ2n) is 2.35. The van der Waals surface area contributed by atoms with E-state index in [0.29, 0.717) is 18.2 Å². The third-order valence-electron chi connectivity index (χ3n) is 1.36. The van der Waals surface area contributed by atoms with Crippen LogP contribution in [0.2, 0.25) is 0 Å². The second kappa shape index (κ2) is 5.59. The number of hydrogen-bond acceptors (Lipinski definition) is 2. The van der Waals surface area contributed by atoms with E-state index in [1.54, 1.807) is 0 Å². The van der Waals surface area contributed by atoms with Gasteiger partial charge < -0.3 is 5.32 Å². The third-order valence-corrected chi connectivity index (χ3v) is 1.58. The molecule has 60 valence electrons. The maximum atomic E-state index is 10.9. The first-order valence-electron chi connectivity index (χ1n) is 3.61. The summed E-state index contributed by atoms with van der Waals surface area (Å²) in [6, 6.07) is 0.299. The largest absolute Gasteiger partial charge is 0.354 e. The van der Waals surface area contributed by atoms with Crippen molar-refractivity contribution in [1.82, 2.24) is 5.32 Å². The van der Waals surface area contributed by atoms with Gasteiger partial charge in [0.2, 0.25) is 5.91 Å². The summed E-state index contributed by atoms with van der Waals surface area (Å²) in [7, 11) is 0. The van der Waals surface area contributed by atoms with Gasteiger partial charge >= 0.3 is 0 Å². The molecule has 0 aromatic rings. The van der Waals surface area contributed by atoms with E-state index < -0.39 is 0 Å². The molecular formula is C7H15NOS. The van der Waals surface area contributed by atoms with Crippen molar-refractivity contribution >= 4 is 18.5 Å². The van der Waals surface area contributed by atoms with Crippen LogP contribution in [0.3, 0.4) is 0 Å². The lowest BCUT2D eigenvalue weighted by Crippen LogP contribution is -2.31. The number of nitrogens with one attached hydrogen (secondary N) is 1. The number of rotatable bonds is 4. The van der Waals surface area contributed by atoms with Crippen LogP contribution in [0.1, 0.15) is 26.7 Å². The van der Waals surface area contributed by atoms with Crippen LogP contribution < -0.4 is 5.32 Å². The molecule has 2 nitrogen and oxygen atoms in total. The van der Waals surface area contributed by atoms with Crippen LogP contribution in [0.15, 0.2) is 0 Å². The number of carbonyl (C=O) groups is 1. The molecule has 0 aromatic heterocycles. The first-order chi connectivity index (χ1) is 4.70. The Morgan fingerprint density at radius 1 is 1.70 bits per heavy atom. The Bertz CT molecular complexity index is 106. The van der Waals surface area contributed by atoms with E-state index in [-0.39, 0.29) is 5.91 Å². The zero-order valence-corrected chi connectivity index (χ0v) is 7.45. The van der Waals surface area contributed by atoms with Crippen molar-refractivity contribution in [2.24, 2.45) is 0 Å². The summed E-state index contributed by atoms with van der Waals surface area (Å²) in [6.45, 7) is 4.04. The van der Waals surface area contributed by atoms with E-state index in [2.05, 4.69) is 17.9 Å². The Morgan fingerprint density at radius 3 is 2.70 bits per heavy atom. The van der Waals surface area contributed by atoms with Crippen molar-refractivity contribution in [3.05, 3.63) is 0 Å². The molecule has 0 saturated carbocycles. The molecular weight excluding hydrogens is 146 g/mol. The molecule has 0 fully saturated rings. The maximum absolute atomic E-state index is 10.9. The molecule has 0 bridgehead atoms. The molecule has 3 heteroatoms. The van der Waals surface area contributed by atoms with E-state index in [4.69, 9.17) is 0 Å². The summed E-state index contributed by atoms with van der Waals surface area (Å²) in [5, 5.41) is 2.84. The Hall–Kier alpha value is -0.180. The zero-order chi connectivity index (χ0) is 7.98. The van der Waals surface area contributed by atoms with Gasteiger partial charge in [-0.25, -0.2) is 0 Å². The monoisotopic (exact) mass is 161 g/mol. The van der Waals surface area contributed by atoms with Crippen LogP contribution in [-0.2, 0) is 4.79 Å². The fourth-order valence-corrected chi connectivity index (χ4v) is 0.754. The molecule has 1 amide bonds. The predicted octanol–water partition coefficient (Wildman–Crippen LogP) is 1.22. The van der Waals surface area contributed by atoms with Crippen LogP contribution in [0.4, 0.5) is 0 Å². The Balaban J connectivity index is 3.37. The van der Waals surface area contributed by atoms with Crippen LogP contribution in [0, 0.1) is 0 Å². The van der Waals surface area contributed by atoms with Gasteiger partial charge in [-0.05, 0) is 19.1 Å². The topological polar surface area (TPSA) is 29.1 Å². The highest BCUT2D eigenvalue weighted by Crippen LogP contribution is 1.90. The minimum atomic E-state index is 0.101. The van der Waals surface area contributed by atoms with Crippen molar-refractivity contribution in [2.45, 2.75) is 32.7 Å². The van der Waals surface area contributed by atoms with Gasteiger partial charge in [-0.1, -0.05) is 6.92 Å². The lowest BCUT2D eigenvalue weighted by Gasteiger charge is -2.09. The van der Waals surface area contributed by atoms with Gasteiger partial charge in [-0.3, -0.25) is 4.79 Å². The first-order valence-corrected chi connectivity index (χ1v) is 4.24. The van der Waals surface area contributed by atoms with Crippen LogP contribution in [0.5, 0.6) is 0 Å². The van der Waals surface area contributed by atoms with Crippen LogP contribution in [-0.4, -0.2) is 17.7 Å². The van der Waals surface area contributed by atoms with Gasteiger partial charge in [0.25, 0.3) is 0 Å². The highest BCUT2D eigenvalue weighted by Gasteiger charge is 2.02. The minimum absolute atomic E-state index is 0.101. The molecule has 0 aliphatic heterocycles. The fourth-order valence-electron chi connectivity index (χ4n) is 0.551. The summed E-state index contributed by atoms with van der Waals surface area (Å²) >= 11 is 3.95. The molecule has 1 atom stereocenters. The van der Waals surface area contributed by atoms with Crippen molar-refractivity contribution < 1.29 is 4.79 Å². The summed E-state index contributed by atoms with van der Waals surface area (Å²) in [5.74, 6) is 0.728. The summed E-state index contributed by atoms with van der Waals surface area (Å²) in [6.07, 6.45) is 1.51. The second-order valence-corrected chi connectivity index (χ2v) is 2.80. The molecule has 0 radical (unpaired) electrons. The Kier molecular flexibility index (Phi) is 5.49. The molecule has 0 aromatic carbocycles. The lowest BCUT2D eigenvalue weighted by atomic mass is 10.2.